The first-order valence-electron chi connectivity index (χ1n) is 5.93. The van der Waals surface area contributed by atoms with Crippen molar-refractivity contribution in [3.63, 3.8) is 0 Å². The number of rotatable bonds is 3. The Labute approximate surface area is 118 Å². The summed E-state index contributed by atoms with van der Waals surface area (Å²) in [5.74, 6) is -0.352. The van der Waals surface area contributed by atoms with Crippen molar-refractivity contribution in [2.24, 2.45) is 0 Å². The van der Waals surface area contributed by atoms with Gasteiger partial charge < -0.3 is 5.11 Å². The smallest absolute Gasteiger partial charge is 0.212 e. The minimum absolute atomic E-state index is 0.268. The van der Waals surface area contributed by atoms with Gasteiger partial charge in [0.25, 0.3) is 0 Å². The van der Waals surface area contributed by atoms with Gasteiger partial charge in [-0.1, -0.05) is 17.3 Å². The Kier molecular flexibility index (Phi) is 3.29. The fraction of sp³-hybridized carbons (Fsp3) is 0.154. The third-order valence-electron chi connectivity index (χ3n) is 2.78. The maximum absolute atomic E-state index is 13.4. The molecule has 0 atom stereocenters. The first-order valence-corrected chi connectivity index (χ1v) is 6.81. The van der Waals surface area contributed by atoms with Crippen molar-refractivity contribution in [2.45, 2.75) is 13.5 Å². The lowest BCUT2D eigenvalue weighted by molar-refractivity contribution is 0.277. The summed E-state index contributed by atoms with van der Waals surface area (Å²) in [6.45, 7) is 1.61. The molecule has 0 aliphatic carbocycles. The van der Waals surface area contributed by atoms with Gasteiger partial charge in [0.1, 0.15) is 17.2 Å². The summed E-state index contributed by atoms with van der Waals surface area (Å²) in [6.07, 6.45) is 0. The average molecular weight is 290 g/mol. The van der Waals surface area contributed by atoms with Crippen molar-refractivity contribution in [3.05, 3.63) is 46.9 Å². The molecule has 5 nitrogen and oxygen atoms in total. The monoisotopic (exact) mass is 290 g/mol. The number of hydrogen-bond acceptors (Lipinski definition) is 5. The normalized spacial score (nSPS) is 10.9. The highest BCUT2D eigenvalue weighted by molar-refractivity contribution is 7.12. The molecule has 0 spiro atoms. The largest absolute Gasteiger partial charge is 0.390 e. The van der Waals surface area contributed by atoms with Crippen molar-refractivity contribution < 1.29 is 9.50 Å². The Hall–Kier alpha value is -2.12. The molecule has 2 heterocycles. The summed E-state index contributed by atoms with van der Waals surface area (Å²) in [6, 6.07) is 6.10. The van der Waals surface area contributed by atoms with E-state index in [1.165, 1.54) is 28.2 Å². The van der Waals surface area contributed by atoms with Gasteiger partial charge in [-0.15, -0.1) is 16.4 Å². The number of halogens is 1. The van der Waals surface area contributed by atoms with E-state index in [9.17, 15) is 9.50 Å². The van der Waals surface area contributed by atoms with Crippen LogP contribution in [0.3, 0.4) is 0 Å². The number of benzene rings is 1. The number of aliphatic hydroxyl groups excluding tert-OH is 1. The zero-order chi connectivity index (χ0) is 14.1. The highest BCUT2D eigenvalue weighted by atomic mass is 32.1. The van der Waals surface area contributed by atoms with E-state index in [4.69, 9.17) is 0 Å². The maximum Gasteiger partial charge on any atom is 0.212 e. The summed E-state index contributed by atoms with van der Waals surface area (Å²) >= 11 is 1.41. The molecule has 0 bridgehead atoms. The number of thiazole rings is 1. The van der Waals surface area contributed by atoms with Gasteiger partial charge in [0.05, 0.1) is 12.3 Å². The van der Waals surface area contributed by atoms with Gasteiger partial charge in [0, 0.05) is 10.9 Å². The molecular formula is C13H11FN4OS. The van der Waals surface area contributed by atoms with E-state index in [-0.39, 0.29) is 12.4 Å². The number of aliphatic hydroxyl groups is 1. The van der Waals surface area contributed by atoms with E-state index < -0.39 is 0 Å². The molecule has 0 saturated heterocycles. The minimum Gasteiger partial charge on any atom is -0.390 e. The molecule has 1 N–H and O–H groups in total. The first-order chi connectivity index (χ1) is 9.69. The maximum atomic E-state index is 13.4. The highest BCUT2D eigenvalue weighted by Crippen LogP contribution is 2.27. The Bertz CT molecular complexity index is 752. The van der Waals surface area contributed by atoms with E-state index in [0.29, 0.717) is 22.1 Å². The Morgan fingerprint density at radius 3 is 2.90 bits per heavy atom. The molecule has 0 fully saturated rings. The van der Waals surface area contributed by atoms with E-state index in [1.807, 2.05) is 12.3 Å². The van der Waals surface area contributed by atoms with Crippen LogP contribution in [0.15, 0.2) is 29.6 Å². The summed E-state index contributed by atoms with van der Waals surface area (Å²) in [5, 5.41) is 19.9. The molecule has 0 radical (unpaired) electrons. The van der Waals surface area contributed by atoms with Gasteiger partial charge >= 0.3 is 0 Å². The standard InChI is InChI=1S/C13H11FN4OS/c1-8-7-20-13(15-8)18-12(11(6-19)16-17-18)9-3-2-4-10(14)5-9/h2-5,7,19H,6H2,1H3. The van der Waals surface area contributed by atoms with Crippen LogP contribution in [0.2, 0.25) is 0 Å². The summed E-state index contributed by atoms with van der Waals surface area (Å²) in [5.41, 5.74) is 2.42. The van der Waals surface area contributed by atoms with Gasteiger partial charge in [0.2, 0.25) is 5.13 Å². The molecule has 2 aromatic heterocycles. The lowest BCUT2D eigenvalue weighted by Crippen LogP contribution is -2.00. The molecule has 0 unspecified atom stereocenters. The molecule has 0 aliphatic rings. The Morgan fingerprint density at radius 2 is 2.25 bits per heavy atom. The topological polar surface area (TPSA) is 63.8 Å². The summed E-state index contributed by atoms with van der Waals surface area (Å²) in [7, 11) is 0. The lowest BCUT2D eigenvalue weighted by Gasteiger charge is -2.05. The van der Waals surface area contributed by atoms with Crippen LogP contribution < -0.4 is 0 Å². The van der Waals surface area contributed by atoms with Gasteiger partial charge in [-0.05, 0) is 19.1 Å². The first kappa shape index (κ1) is 12.9. The van der Waals surface area contributed by atoms with E-state index in [2.05, 4.69) is 15.3 Å². The second-order valence-electron chi connectivity index (χ2n) is 4.24. The van der Waals surface area contributed by atoms with E-state index >= 15 is 0 Å². The molecular weight excluding hydrogens is 279 g/mol. The number of hydrogen-bond donors (Lipinski definition) is 1. The molecule has 0 amide bonds. The van der Waals surface area contributed by atoms with Gasteiger partial charge in [0.15, 0.2) is 0 Å². The van der Waals surface area contributed by atoms with Crippen LogP contribution in [-0.2, 0) is 6.61 Å². The van der Waals surface area contributed by atoms with E-state index in [0.717, 1.165) is 5.69 Å². The van der Waals surface area contributed by atoms with Gasteiger partial charge in [-0.2, -0.15) is 4.68 Å². The van der Waals surface area contributed by atoms with Crippen LogP contribution in [0.25, 0.3) is 16.4 Å². The van der Waals surface area contributed by atoms with Crippen molar-refractivity contribution >= 4 is 11.3 Å². The van der Waals surface area contributed by atoms with Crippen molar-refractivity contribution in [3.8, 4) is 16.4 Å². The Morgan fingerprint density at radius 1 is 1.40 bits per heavy atom. The molecule has 0 aliphatic heterocycles. The summed E-state index contributed by atoms with van der Waals surface area (Å²) < 4.78 is 14.9. The fourth-order valence-electron chi connectivity index (χ4n) is 1.92. The SMILES string of the molecule is Cc1csc(-n2nnc(CO)c2-c2cccc(F)c2)n1. The van der Waals surface area contributed by atoms with Gasteiger partial charge in [-0.3, -0.25) is 0 Å². The number of nitrogens with zero attached hydrogens (tertiary/aromatic N) is 4. The minimum atomic E-state index is -0.352. The van der Waals surface area contributed by atoms with Crippen LogP contribution in [-0.4, -0.2) is 25.1 Å². The fourth-order valence-corrected chi connectivity index (χ4v) is 2.67. The highest BCUT2D eigenvalue weighted by Gasteiger charge is 2.17. The summed E-state index contributed by atoms with van der Waals surface area (Å²) in [4.78, 5) is 4.34. The second kappa shape index (κ2) is 5.10. The van der Waals surface area contributed by atoms with Crippen molar-refractivity contribution in [1.82, 2.24) is 20.0 Å². The number of aromatic nitrogens is 4. The average Bonchev–Trinajstić information content (AvgIpc) is 3.04. The molecule has 3 aromatic rings. The zero-order valence-corrected chi connectivity index (χ0v) is 11.4. The zero-order valence-electron chi connectivity index (χ0n) is 10.6. The molecule has 102 valence electrons. The van der Waals surface area contributed by atoms with Crippen LogP contribution in [0.5, 0.6) is 0 Å². The van der Waals surface area contributed by atoms with Crippen molar-refractivity contribution in [2.75, 3.05) is 0 Å². The van der Waals surface area contributed by atoms with Crippen LogP contribution in [0.1, 0.15) is 11.4 Å². The third kappa shape index (κ3) is 2.21. The van der Waals surface area contributed by atoms with Crippen LogP contribution >= 0.6 is 11.3 Å². The van der Waals surface area contributed by atoms with E-state index in [1.54, 1.807) is 12.1 Å². The molecule has 3 rings (SSSR count). The van der Waals surface area contributed by atoms with Crippen LogP contribution in [0.4, 0.5) is 4.39 Å². The number of aryl methyl sites for hydroxylation is 1. The van der Waals surface area contributed by atoms with Crippen LogP contribution in [0, 0.1) is 12.7 Å². The Balaban J connectivity index is 2.20. The second-order valence-corrected chi connectivity index (χ2v) is 5.07. The quantitative estimate of drug-likeness (QED) is 0.804. The predicted octanol–water partition coefficient (Wildman–Crippen LogP) is 2.33. The predicted molar refractivity (Wildman–Crippen MR) is 73.1 cm³/mol. The van der Waals surface area contributed by atoms with Crippen molar-refractivity contribution in [1.29, 1.82) is 0 Å². The molecule has 20 heavy (non-hydrogen) atoms. The lowest BCUT2D eigenvalue weighted by atomic mass is 10.1. The molecule has 1 aromatic carbocycles. The molecule has 7 heteroatoms. The third-order valence-corrected chi connectivity index (χ3v) is 3.71. The van der Waals surface area contributed by atoms with Gasteiger partial charge in [-0.25, -0.2) is 9.37 Å². The molecule has 0 saturated carbocycles.